The fourth-order valence-corrected chi connectivity index (χ4v) is 4.05. The SMILES string of the molecule is CC(C)(C)OC(=O)CN1NNNCCCCCCCC1(CC(=O)OC(C)(C)C)CC(=O)OC(C)(C)C. The third kappa shape index (κ3) is 14.1. The van der Waals surface area contributed by atoms with Gasteiger partial charge in [0.1, 0.15) is 23.3 Å². The van der Waals surface area contributed by atoms with E-state index in [9.17, 15) is 14.4 Å². The molecule has 10 nitrogen and oxygen atoms in total. The minimum atomic E-state index is -1.10. The second kappa shape index (κ2) is 13.7. The Morgan fingerprint density at radius 1 is 0.694 bits per heavy atom. The van der Waals surface area contributed by atoms with E-state index in [2.05, 4.69) is 16.5 Å². The van der Waals surface area contributed by atoms with Gasteiger partial charge in [0.25, 0.3) is 0 Å². The van der Waals surface area contributed by atoms with Crippen LogP contribution in [0.15, 0.2) is 0 Å². The fourth-order valence-electron chi connectivity index (χ4n) is 4.05. The van der Waals surface area contributed by atoms with Gasteiger partial charge in [-0.05, 0) is 75.2 Å². The number of rotatable bonds is 6. The summed E-state index contributed by atoms with van der Waals surface area (Å²) in [7, 11) is 0. The molecule has 0 aromatic rings. The molecule has 36 heavy (non-hydrogen) atoms. The number of hydrazine groups is 3. The van der Waals surface area contributed by atoms with Crippen molar-refractivity contribution in [3.8, 4) is 0 Å². The number of hydrogen-bond acceptors (Lipinski definition) is 10. The molecule has 0 radical (unpaired) electrons. The summed E-state index contributed by atoms with van der Waals surface area (Å²) in [6.07, 6.45) is 5.08. The molecule has 210 valence electrons. The predicted octanol–water partition coefficient (Wildman–Crippen LogP) is 3.70. The maximum Gasteiger partial charge on any atom is 0.322 e. The summed E-state index contributed by atoms with van der Waals surface area (Å²) in [5, 5.41) is 1.60. The molecule has 0 amide bonds. The van der Waals surface area contributed by atoms with Crippen LogP contribution in [0.25, 0.3) is 0 Å². The van der Waals surface area contributed by atoms with Crippen molar-refractivity contribution in [1.29, 1.82) is 0 Å². The largest absolute Gasteiger partial charge is 0.460 e. The van der Waals surface area contributed by atoms with E-state index in [1.807, 2.05) is 0 Å². The lowest BCUT2D eigenvalue weighted by Crippen LogP contribution is -2.65. The van der Waals surface area contributed by atoms with Crippen molar-refractivity contribution in [2.24, 2.45) is 0 Å². The molecule has 1 saturated heterocycles. The first-order valence-electron chi connectivity index (χ1n) is 13.1. The van der Waals surface area contributed by atoms with Crippen molar-refractivity contribution in [2.45, 2.75) is 136 Å². The van der Waals surface area contributed by atoms with Gasteiger partial charge in [-0.1, -0.05) is 25.7 Å². The molecule has 10 heteroatoms. The molecule has 1 aliphatic rings. The smallest absolute Gasteiger partial charge is 0.322 e. The van der Waals surface area contributed by atoms with Gasteiger partial charge in [-0.3, -0.25) is 14.4 Å². The van der Waals surface area contributed by atoms with Gasteiger partial charge in [-0.15, -0.1) is 0 Å². The maximum atomic E-state index is 13.2. The van der Waals surface area contributed by atoms with Crippen molar-refractivity contribution in [1.82, 2.24) is 21.5 Å². The average Bonchev–Trinajstić information content (AvgIpc) is 2.62. The monoisotopic (exact) mass is 514 g/mol. The summed E-state index contributed by atoms with van der Waals surface area (Å²) in [5.41, 5.74) is 5.88. The topological polar surface area (TPSA) is 118 Å². The molecule has 0 atom stereocenters. The molecule has 0 spiro atoms. The van der Waals surface area contributed by atoms with Crippen LogP contribution in [0.5, 0.6) is 0 Å². The number of esters is 3. The van der Waals surface area contributed by atoms with Crippen molar-refractivity contribution < 1.29 is 28.6 Å². The Labute approximate surface area is 217 Å². The van der Waals surface area contributed by atoms with Crippen LogP contribution in [0.3, 0.4) is 0 Å². The van der Waals surface area contributed by atoms with Gasteiger partial charge in [-0.25, -0.2) is 10.4 Å². The van der Waals surface area contributed by atoms with Crippen LogP contribution in [0.2, 0.25) is 0 Å². The molecule has 1 rings (SSSR count). The summed E-state index contributed by atoms with van der Waals surface area (Å²) >= 11 is 0. The zero-order valence-corrected chi connectivity index (χ0v) is 24.0. The number of hydrogen-bond donors (Lipinski definition) is 3. The molecule has 0 unspecified atom stereocenters. The number of carbonyl (C=O) groups is 3. The first-order chi connectivity index (χ1) is 16.4. The minimum absolute atomic E-state index is 0.110. The van der Waals surface area contributed by atoms with E-state index in [0.717, 1.165) is 38.6 Å². The summed E-state index contributed by atoms with van der Waals surface area (Å²) in [6.45, 7) is 16.7. The second-order valence-electron chi connectivity index (χ2n) is 12.6. The Morgan fingerprint density at radius 2 is 1.14 bits per heavy atom. The van der Waals surface area contributed by atoms with Crippen LogP contribution in [-0.4, -0.2) is 58.3 Å². The van der Waals surface area contributed by atoms with Crippen LogP contribution in [0.4, 0.5) is 0 Å². The van der Waals surface area contributed by atoms with E-state index < -0.39 is 40.2 Å². The van der Waals surface area contributed by atoms with Gasteiger partial charge in [0.2, 0.25) is 0 Å². The highest BCUT2D eigenvalue weighted by molar-refractivity contribution is 5.77. The number of ether oxygens (including phenoxy) is 3. The van der Waals surface area contributed by atoms with E-state index in [1.165, 1.54) is 0 Å². The summed E-state index contributed by atoms with van der Waals surface area (Å²) in [4.78, 5) is 39.2. The molecular formula is C26H50N4O6. The lowest BCUT2D eigenvalue weighted by molar-refractivity contribution is -0.173. The summed E-state index contributed by atoms with van der Waals surface area (Å²) in [5.74, 6) is -1.40. The number of nitrogens with zero attached hydrogens (tertiary/aromatic N) is 1. The van der Waals surface area contributed by atoms with Gasteiger partial charge in [0.15, 0.2) is 0 Å². The zero-order valence-electron chi connectivity index (χ0n) is 24.0. The predicted molar refractivity (Wildman–Crippen MR) is 138 cm³/mol. The maximum absolute atomic E-state index is 13.2. The van der Waals surface area contributed by atoms with E-state index in [-0.39, 0.29) is 19.4 Å². The Kier molecular flexibility index (Phi) is 12.3. The van der Waals surface area contributed by atoms with Gasteiger partial charge >= 0.3 is 17.9 Å². The van der Waals surface area contributed by atoms with Crippen molar-refractivity contribution in [3.05, 3.63) is 0 Å². The van der Waals surface area contributed by atoms with Gasteiger partial charge in [0, 0.05) is 6.54 Å². The first kappa shape index (κ1) is 32.3. The molecule has 0 aromatic heterocycles. The summed E-state index contributed by atoms with van der Waals surface area (Å²) < 4.78 is 16.9. The van der Waals surface area contributed by atoms with Crippen LogP contribution < -0.4 is 16.5 Å². The Morgan fingerprint density at radius 3 is 1.64 bits per heavy atom. The van der Waals surface area contributed by atoms with Crippen molar-refractivity contribution in [2.75, 3.05) is 13.1 Å². The van der Waals surface area contributed by atoms with Crippen LogP contribution in [-0.2, 0) is 28.6 Å². The van der Waals surface area contributed by atoms with Crippen LogP contribution >= 0.6 is 0 Å². The van der Waals surface area contributed by atoms with Gasteiger partial charge < -0.3 is 14.2 Å². The van der Waals surface area contributed by atoms with Crippen LogP contribution in [0, 0.1) is 0 Å². The quantitative estimate of drug-likeness (QED) is 0.358. The molecule has 0 bridgehead atoms. The molecule has 1 fully saturated rings. The molecule has 0 saturated carbocycles. The van der Waals surface area contributed by atoms with E-state index in [0.29, 0.717) is 6.42 Å². The highest BCUT2D eigenvalue weighted by atomic mass is 16.6. The molecule has 1 aliphatic heterocycles. The molecule has 3 N–H and O–H groups in total. The standard InChI is InChI=1S/C26H50N4O6/c1-23(2,3)34-20(31)17-26(18-21(32)35-24(4,5)6)15-13-11-10-12-14-16-27-28-29-30(26)19-22(33)36-25(7,8)9/h27-29H,10-19H2,1-9H3. The fraction of sp³-hybridized carbons (Fsp3) is 0.885. The normalized spacial score (nSPS) is 18.9. The zero-order chi connectivity index (χ0) is 27.6. The molecule has 0 aliphatic carbocycles. The van der Waals surface area contributed by atoms with Crippen LogP contribution in [0.1, 0.15) is 114 Å². The van der Waals surface area contributed by atoms with Gasteiger partial charge in [-0.2, -0.15) is 11.1 Å². The molecule has 0 aromatic carbocycles. The summed E-state index contributed by atoms with van der Waals surface area (Å²) in [6, 6.07) is 0. The third-order valence-electron chi connectivity index (χ3n) is 5.29. The number of carbonyl (C=O) groups excluding carboxylic acids is 3. The Hall–Kier alpha value is -1.75. The minimum Gasteiger partial charge on any atom is -0.460 e. The molecular weight excluding hydrogens is 464 g/mol. The average molecular weight is 515 g/mol. The van der Waals surface area contributed by atoms with E-state index in [4.69, 9.17) is 14.2 Å². The second-order valence-corrected chi connectivity index (χ2v) is 12.6. The van der Waals surface area contributed by atoms with E-state index >= 15 is 0 Å². The highest BCUT2D eigenvalue weighted by Gasteiger charge is 2.44. The first-order valence-corrected chi connectivity index (χ1v) is 13.1. The lowest BCUT2D eigenvalue weighted by Gasteiger charge is -2.43. The third-order valence-corrected chi connectivity index (χ3v) is 5.29. The highest BCUT2D eigenvalue weighted by Crippen LogP contribution is 2.32. The Bertz CT molecular complexity index is 691. The van der Waals surface area contributed by atoms with Crippen molar-refractivity contribution >= 4 is 17.9 Å². The number of nitrogens with one attached hydrogen (secondary N) is 3. The molecule has 1 heterocycles. The van der Waals surface area contributed by atoms with E-state index in [1.54, 1.807) is 67.3 Å². The van der Waals surface area contributed by atoms with Gasteiger partial charge in [0.05, 0.1) is 18.4 Å². The Balaban J connectivity index is 3.44. The van der Waals surface area contributed by atoms with Crippen molar-refractivity contribution in [3.63, 3.8) is 0 Å². The lowest BCUT2D eigenvalue weighted by atomic mass is 9.84.